The van der Waals surface area contributed by atoms with Gasteiger partial charge in [0.25, 0.3) is 0 Å². The second-order valence-electron chi connectivity index (χ2n) is 7.07. The van der Waals surface area contributed by atoms with Crippen molar-refractivity contribution >= 4 is 0 Å². The first-order chi connectivity index (χ1) is 9.79. The van der Waals surface area contributed by atoms with E-state index in [1.807, 2.05) is 20.8 Å². The third-order valence-corrected chi connectivity index (χ3v) is 5.43. The van der Waals surface area contributed by atoms with E-state index in [0.717, 1.165) is 18.6 Å². The van der Waals surface area contributed by atoms with Crippen LogP contribution in [-0.2, 0) is 4.74 Å². The lowest BCUT2D eigenvalue weighted by atomic mass is 9.63. The molecule has 0 aromatic heterocycles. The summed E-state index contributed by atoms with van der Waals surface area (Å²) in [6.07, 6.45) is 0.683. The van der Waals surface area contributed by atoms with Gasteiger partial charge in [-0.05, 0) is 62.6 Å². The highest BCUT2D eigenvalue weighted by Crippen LogP contribution is 2.53. The SMILES string of the molecule is C[C@H]1C2CC(C[C@@H]1O)C(C)(C)O[C@H]2c1cc(F)ccc1F. The van der Waals surface area contributed by atoms with Gasteiger partial charge in [0.1, 0.15) is 11.6 Å². The fourth-order valence-corrected chi connectivity index (χ4v) is 3.94. The zero-order valence-corrected chi connectivity index (χ0v) is 12.6. The molecule has 1 aliphatic heterocycles. The molecule has 2 aliphatic rings. The molecule has 21 heavy (non-hydrogen) atoms. The average Bonchev–Trinajstić information content (AvgIpc) is 2.41. The van der Waals surface area contributed by atoms with Crippen molar-refractivity contribution < 1.29 is 18.6 Å². The molecule has 1 N–H and O–H groups in total. The Hall–Kier alpha value is -1.00. The van der Waals surface area contributed by atoms with Crippen molar-refractivity contribution in [3.63, 3.8) is 0 Å². The van der Waals surface area contributed by atoms with Gasteiger partial charge in [-0.15, -0.1) is 0 Å². The van der Waals surface area contributed by atoms with Crippen molar-refractivity contribution in [2.45, 2.75) is 51.4 Å². The number of ether oxygens (including phenoxy) is 1. The molecule has 1 heterocycles. The zero-order chi connectivity index (χ0) is 15.4. The molecule has 116 valence electrons. The summed E-state index contributed by atoms with van der Waals surface area (Å²) >= 11 is 0. The molecule has 2 nitrogen and oxygen atoms in total. The van der Waals surface area contributed by atoms with Gasteiger partial charge in [0.05, 0.1) is 17.8 Å². The second kappa shape index (κ2) is 5.03. The van der Waals surface area contributed by atoms with E-state index >= 15 is 0 Å². The molecule has 1 aromatic rings. The van der Waals surface area contributed by atoms with E-state index in [2.05, 4.69) is 0 Å². The number of hydrogen-bond acceptors (Lipinski definition) is 2. The van der Waals surface area contributed by atoms with Crippen molar-refractivity contribution in [2.24, 2.45) is 17.8 Å². The van der Waals surface area contributed by atoms with E-state index < -0.39 is 29.4 Å². The third-order valence-electron chi connectivity index (χ3n) is 5.43. The van der Waals surface area contributed by atoms with Crippen LogP contribution >= 0.6 is 0 Å². The first-order valence-corrected chi connectivity index (χ1v) is 7.60. The zero-order valence-electron chi connectivity index (χ0n) is 12.6. The van der Waals surface area contributed by atoms with E-state index in [0.29, 0.717) is 6.42 Å². The number of rotatable bonds is 1. The van der Waals surface area contributed by atoms with Crippen LogP contribution in [0.5, 0.6) is 0 Å². The molecule has 0 spiro atoms. The smallest absolute Gasteiger partial charge is 0.129 e. The van der Waals surface area contributed by atoms with Crippen molar-refractivity contribution in [2.75, 3.05) is 0 Å². The normalized spacial score (nSPS) is 38.3. The molecule has 4 heteroatoms. The summed E-state index contributed by atoms with van der Waals surface area (Å²) in [5.41, 5.74) is -0.173. The van der Waals surface area contributed by atoms with E-state index in [1.54, 1.807) is 0 Å². The Kier molecular flexibility index (Phi) is 3.57. The number of aliphatic hydroxyl groups is 1. The summed E-state index contributed by atoms with van der Waals surface area (Å²) in [5.74, 6) is -0.614. The quantitative estimate of drug-likeness (QED) is 0.853. The van der Waals surface area contributed by atoms with Crippen LogP contribution in [0.15, 0.2) is 18.2 Å². The van der Waals surface area contributed by atoms with E-state index in [-0.39, 0.29) is 23.3 Å². The van der Waals surface area contributed by atoms with Gasteiger partial charge in [0.2, 0.25) is 0 Å². The lowest BCUT2D eigenvalue weighted by Gasteiger charge is -2.53. The molecule has 1 aliphatic carbocycles. The van der Waals surface area contributed by atoms with E-state index in [9.17, 15) is 13.9 Å². The lowest BCUT2D eigenvalue weighted by molar-refractivity contribution is -0.216. The Balaban J connectivity index is 2.02. The van der Waals surface area contributed by atoms with Gasteiger partial charge in [-0.25, -0.2) is 8.78 Å². The van der Waals surface area contributed by atoms with Gasteiger partial charge >= 0.3 is 0 Å². The van der Waals surface area contributed by atoms with Crippen LogP contribution in [0.25, 0.3) is 0 Å². The topological polar surface area (TPSA) is 29.5 Å². The van der Waals surface area contributed by atoms with Gasteiger partial charge in [-0.1, -0.05) is 6.92 Å². The van der Waals surface area contributed by atoms with Gasteiger partial charge in [0.15, 0.2) is 0 Å². The maximum absolute atomic E-state index is 14.1. The summed E-state index contributed by atoms with van der Waals surface area (Å²) in [7, 11) is 0. The predicted molar refractivity (Wildman–Crippen MR) is 75.6 cm³/mol. The first-order valence-electron chi connectivity index (χ1n) is 7.60. The molecule has 0 radical (unpaired) electrons. The van der Waals surface area contributed by atoms with Crippen LogP contribution in [0.2, 0.25) is 0 Å². The number of benzene rings is 1. The Labute approximate surface area is 124 Å². The van der Waals surface area contributed by atoms with Gasteiger partial charge in [-0.2, -0.15) is 0 Å². The Morgan fingerprint density at radius 2 is 1.95 bits per heavy atom. The highest BCUT2D eigenvalue weighted by molar-refractivity contribution is 5.23. The maximum Gasteiger partial charge on any atom is 0.129 e. The third kappa shape index (κ3) is 2.49. The van der Waals surface area contributed by atoms with Gasteiger partial charge < -0.3 is 9.84 Å². The van der Waals surface area contributed by atoms with Gasteiger partial charge in [0, 0.05) is 5.56 Å². The number of halogens is 2. The number of aliphatic hydroxyl groups excluding tert-OH is 1. The highest BCUT2D eigenvalue weighted by atomic mass is 19.1. The summed E-state index contributed by atoms with van der Waals surface area (Å²) in [6, 6.07) is 3.50. The summed E-state index contributed by atoms with van der Waals surface area (Å²) in [6.45, 7) is 5.92. The molecule has 2 fully saturated rings. The van der Waals surface area contributed by atoms with Crippen LogP contribution in [0.3, 0.4) is 0 Å². The minimum atomic E-state index is -0.503. The highest BCUT2D eigenvalue weighted by Gasteiger charge is 2.51. The van der Waals surface area contributed by atoms with Crippen molar-refractivity contribution in [3.05, 3.63) is 35.4 Å². The summed E-state index contributed by atoms with van der Waals surface area (Å²) in [4.78, 5) is 0. The average molecular weight is 296 g/mol. The van der Waals surface area contributed by atoms with Crippen molar-refractivity contribution in [1.82, 2.24) is 0 Å². The van der Waals surface area contributed by atoms with Gasteiger partial charge in [-0.3, -0.25) is 0 Å². The molecule has 1 saturated carbocycles. The largest absolute Gasteiger partial charge is 0.393 e. The minimum absolute atomic E-state index is 0.0167. The molecular formula is C17H22F2O2. The molecule has 1 aromatic carbocycles. The Bertz CT molecular complexity index is 544. The molecule has 5 atom stereocenters. The van der Waals surface area contributed by atoms with Crippen LogP contribution in [0.4, 0.5) is 8.78 Å². The van der Waals surface area contributed by atoms with E-state index in [4.69, 9.17) is 4.74 Å². The Morgan fingerprint density at radius 3 is 2.67 bits per heavy atom. The van der Waals surface area contributed by atoms with Crippen LogP contribution in [-0.4, -0.2) is 16.8 Å². The first kappa shape index (κ1) is 14.9. The summed E-state index contributed by atoms with van der Waals surface area (Å²) < 4.78 is 33.8. The second-order valence-corrected chi connectivity index (χ2v) is 7.07. The molecule has 2 unspecified atom stereocenters. The van der Waals surface area contributed by atoms with Crippen LogP contribution in [0.1, 0.15) is 45.3 Å². The molecule has 2 bridgehead atoms. The fraction of sp³-hybridized carbons (Fsp3) is 0.647. The molecular weight excluding hydrogens is 274 g/mol. The molecule has 1 saturated heterocycles. The number of fused-ring (bicyclic) bond motifs is 2. The Morgan fingerprint density at radius 1 is 1.24 bits per heavy atom. The maximum atomic E-state index is 14.1. The molecule has 3 rings (SSSR count). The number of hydrogen-bond donors (Lipinski definition) is 1. The van der Waals surface area contributed by atoms with E-state index in [1.165, 1.54) is 6.07 Å². The van der Waals surface area contributed by atoms with Crippen molar-refractivity contribution in [1.29, 1.82) is 0 Å². The fourth-order valence-electron chi connectivity index (χ4n) is 3.94. The van der Waals surface area contributed by atoms with Crippen LogP contribution < -0.4 is 0 Å². The summed E-state index contributed by atoms with van der Waals surface area (Å²) in [5, 5.41) is 10.3. The predicted octanol–water partition coefficient (Wildman–Crippen LogP) is 3.84. The standard InChI is InChI=1S/C17H22F2O2/c1-9-12-6-10(7-15(9)20)17(2,3)21-16(12)13-8-11(18)4-5-14(13)19/h4-5,8-10,12,15-16,20H,6-7H2,1-3H3/t9-,10?,12?,15-,16+/m0/s1. The van der Waals surface area contributed by atoms with Crippen molar-refractivity contribution in [3.8, 4) is 0 Å². The lowest BCUT2D eigenvalue weighted by Crippen LogP contribution is -2.52. The monoisotopic (exact) mass is 296 g/mol. The minimum Gasteiger partial charge on any atom is -0.393 e. The van der Waals surface area contributed by atoms with Crippen LogP contribution in [0, 0.1) is 29.4 Å². The molecule has 0 amide bonds.